The van der Waals surface area contributed by atoms with Crippen LogP contribution in [0.15, 0.2) is 0 Å². The minimum atomic E-state index is -1.37. The number of hydrogen-bond acceptors (Lipinski definition) is 10. The van der Waals surface area contributed by atoms with E-state index in [1.165, 1.54) is 14.0 Å². The molecular formula is C21H39N3O10. The first-order valence-corrected chi connectivity index (χ1v) is 11.5. The zero-order valence-electron chi connectivity index (χ0n) is 19.9. The molecule has 34 heavy (non-hydrogen) atoms. The molecule has 1 saturated carbocycles. The summed E-state index contributed by atoms with van der Waals surface area (Å²) >= 11 is 0. The summed E-state index contributed by atoms with van der Waals surface area (Å²) in [5.74, 6) is -0.545. The van der Waals surface area contributed by atoms with Crippen LogP contribution in [0.25, 0.3) is 0 Å². The van der Waals surface area contributed by atoms with E-state index in [0.717, 1.165) is 0 Å². The Morgan fingerprint density at radius 1 is 1.06 bits per heavy atom. The third kappa shape index (κ3) is 7.71. The second kappa shape index (κ2) is 14.1. The van der Waals surface area contributed by atoms with E-state index in [1.807, 2.05) is 0 Å². The monoisotopic (exact) mass is 493 g/mol. The zero-order chi connectivity index (χ0) is 25.3. The lowest BCUT2D eigenvalue weighted by molar-refractivity contribution is -0.270. The second-order valence-corrected chi connectivity index (χ2v) is 8.66. The third-order valence-corrected chi connectivity index (χ3v) is 6.13. The number of ether oxygens (including phenoxy) is 4. The molecule has 1 heterocycles. The lowest BCUT2D eigenvalue weighted by Crippen LogP contribution is -2.64. The predicted molar refractivity (Wildman–Crippen MR) is 118 cm³/mol. The lowest BCUT2D eigenvalue weighted by atomic mass is 9.97. The quantitative estimate of drug-likeness (QED) is 0.142. The number of carbonyl (C=O) groups is 2. The second-order valence-electron chi connectivity index (χ2n) is 8.66. The highest BCUT2D eigenvalue weighted by atomic mass is 16.7. The lowest BCUT2D eigenvalue weighted by Gasteiger charge is -2.42. The summed E-state index contributed by atoms with van der Waals surface area (Å²) in [5, 5.41) is 48.0. The van der Waals surface area contributed by atoms with Gasteiger partial charge in [-0.3, -0.25) is 4.79 Å². The molecule has 198 valence electrons. The van der Waals surface area contributed by atoms with E-state index in [4.69, 9.17) is 18.9 Å². The van der Waals surface area contributed by atoms with Crippen LogP contribution in [-0.2, 0) is 23.7 Å². The summed E-state index contributed by atoms with van der Waals surface area (Å²) in [6.45, 7) is 1.69. The molecule has 0 radical (unpaired) electrons. The number of nitrogens with one attached hydrogen (secondary N) is 3. The molecule has 2 aliphatic rings. The number of aliphatic hydroxyl groups is 4. The van der Waals surface area contributed by atoms with Crippen molar-refractivity contribution < 1.29 is 49.0 Å². The predicted octanol–water partition coefficient (Wildman–Crippen LogP) is -2.56. The molecule has 3 amide bonds. The summed E-state index contributed by atoms with van der Waals surface area (Å²) < 4.78 is 21.6. The van der Waals surface area contributed by atoms with Gasteiger partial charge in [-0.1, -0.05) is 0 Å². The van der Waals surface area contributed by atoms with Crippen molar-refractivity contribution in [3.8, 4) is 0 Å². The topological polar surface area (TPSA) is 188 Å². The Morgan fingerprint density at radius 3 is 2.41 bits per heavy atom. The molecule has 1 aliphatic heterocycles. The smallest absolute Gasteiger partial charge is 0.315 e. The van der Waals surface area contributed by atoms with Gasteiger partial charge in [-0.15, -0.1) is 0 Å². The maximum absolute atomic E-state index is 12.2. The number of unbranched alkanes of at least 4 members (excludes halogenated alkanes) is 1. The van der Waals surface area contributed by atoms with E-state index >= 15 is 0 Å². The number of methoxy groups -OCH3 is 2. The van der Waals surface area contributed by atoms with Gasteiger partial charge in [0.15, 0.2) is 6.29 Å². The van der Waals surface area contributed by atoms with E-state index in [2.05, 4.69) is 16.0 Å². The molecule has 2 rings (SSSR count). The first-order valence-electron chi connectivity index (χ1n) is 11.5. The number of urea groups is 1. The molecule has 0 bridgehead atoms. The molecule has 7 N–H and O–H groups in total. The Balaban J connectivity index is 1.71. The third-order valence-electron chi connectivity index (χ3n) is 6.13. The van der Waals surface area contributed by atoms with Gasteiger partial charge < -0.3 is 55.3 Å². The molecule has 13 nitrogen and oxygen atoms in total. The molecule has 0 aromatic carbocycles. The van der Waals surface area contributed by atoms with Crippen molar-refractivity contribution in [3.63, 3.8) is 0 Å². The standard InChI is InChI=1S/C21H39N3O10/c1-11(26)23-15-18(29)17(28)14(9-25)34-20(15)33-7-5-4-6-22-21(30)24-13-8-12(10-31-2)16(27)19(13)32-3/h12-20,25,27-29H,4-10H2,1-3H3,(H,23,26)(H2,22,24,30)/t12-,13-,14-,15-,16?,17+,18-,19-,20-/m1/s1. The summed E-state index contributed by atoms with van der Waals surface area (Å²) in [7, 11) is 3.05. The van der Waals surface area contributed by atoms with Crippen molar-refractivity contribution in [2.45, 2.75) is 75.1 Å². The zero-order valence-corrected chi connectivity index (χ0v) is 19.9. The fraction of sp³-hybridized carbons (Fsp3) is 0.905. The van der Waals surface area contributed by atoms with Gasteiger partial charge in [0, 0.05) is 40.2 Å². The Labute approximate surface area is 199 Å². The molecule has 2 fully saturated rings. The van der Waals surface area contributed by atoms with Gasteiger partial charge in [-0.25, -0.2) is 4.79 Å². The highest BCUT2D eigenvalue weighted by molar-refractivity contribution is 5.74. The Bertz CT molecular complexity index is 642. The van der Waals surface area contributed by atoms with Crippen LogP contribution in [0, 0.1) is 5.92 Å². The first kappa shape index (κ1) is 28.7. The van der Waals surface area contributed by atoms with Crippen LogP contribution in [0.5, 0.6) is 0 Å². The van der Waals surface area contributed by atoms with Crippen LogP contribution >= 0.6 is 0 Å². The van der Waals surface area contributed by atoms with E-state index in [1.54, 1.807) is 7.11 Å². The van der Waals surface area contributed by atoms with Gasteiger partial charge in [0.05, 0.1) is 25.4 Å². The van der Waals surface area contributed by atoms with Gasteiger partial charge >= 0.3 is 6.03 Å². The minimum absolute atomic E-state index is 0.120. The van der Waals surface area contributed by atoms with E-state index in [-0.39, 0.29) is 24.6 Å². The van der Waals surface area contributed by atoms with Crippen molar-refractivity contribution >= 4 is 11.9 Å². The van der Waals surface area contributed by atoms with Crippen LogP contribution in [0.3, 0.4) is 0 Å². The number of hydrogen-bond donors (Lipinski definition) is 7. The van der Waals surface area contributed by atoms with Crippen LogP contribution in [0.1, 0.15) is 26.2 Å². The first-order chi connectivity index (χ1) is 16.2. The van der Waals surface area contributed by atoms with Gasteiger partial charge in [0.25, 0.3) is 0 Å². The minimum Gasteiger partial charge on any atom is -0.394 e. The van der Waals surface area contributed by atoms with Crippen LogP contribution in [-0.4, -0.2) is 122 Å². The van der Waals surface area contributed by atoms with Crippen molar-refractivity contribution in [1.29, 1.82) is 0 Å². The Hall–Kier alpha value is -1.58. The van der Waals surface area contributed by atoms with Crippen molar-refractivity contribution in [2.24, 2.45) is 5.92 Å². The van der Waals surface area contributed by atoms with E-state index in [0.29, 0.717) is 32.4 Å². The average Bonchev–Trinajstić information content (AvgIpc) is 3.08. The number of rotatable bonds is 12. The highest BCUT2D eigenvalue weighted by Crippen LogP contribution is 2.29. The van der Waals surface area contributed by atoms with E-state index in [9.17, 15) is 30.0 Å². The SMILES string of the molecule is COC[C@H]1C[C@@H](NC(=O)NCCCCO[C@@H]2O[C@H](CO)[C@H](O)[C@H](O)[C@H]2NC(C)=O)[C@@H](OC)C1O. The maximum Gasteiger partial charge on any atom is 0.315 e. The largest absolute Gasteiger partial charge is 0.394 e. The van der Waals surface area contributed by atoms with Crippen molar-refractivity contribution in [3.05, 3.63) is 0 Å². The number of carbonyl (C=O) groups excluding carboxylic acids is 2. The van der Waals surface area contributed by atoms with Crippen molar-refractivity contribution in [1.82, 2.24) is 16.0 Å². The fourth-order valence-electron chi connectivity index (χ4n) is 4.39. The van der Waals surface area contributed by atoms with Gasteiger partial charge in [0.1, 0.15) is 30.5 Å². The van der Waals surface area contributed by atoms with Crippen LogP contribution in [0.4, 0.5) is 4.79 Å². The van der Waals surface area contributed by atoms with Gasteiger partial charge in [-0.05, 0) is 19.3 Å². The summed E-state index contributed by atoms with van der Waals surface area (Å²) in [4.78, 5) is 23.7. The Kier molecular flexibility index (Phi) is 11.9. The van der Waals surface area contributed by atoms with Gasteiger partial charge in [0.2, 0.25) is 5.91 Å². The summed E-state index contributed by atoms with van der Waals surface area (Å²) in [6.07, 6.45) is -4.39. The summed E-state index contributed by atoms with van der Waals surface area (Å²) in [6, 6.07) is -1.70. The molecule has 0 spiro atoms. The molecule has 1 saturated heterocycles. The summed E-state index contributed by atoms with van der Waals surface area (Å²) in [5.41, 5.74) is 0. The normalized spacial score (nSPS) is 35.7. The average molecular weight is 494 g/mol. The molecule has 0 aromatic heterocycles. The molecule has 1 aliphatic carbocycles. The maximum atomic E-state index is 12.2. The highest BCUT2D eigenvalue weighted by Gasteiger charge is 2.45. The van der Waals surface area contributed by atoms with Crippen LogP contribution in [0.2, 0.25) is 0 Å². The van der Waals surface area contributed by atoms with E-state index < -0.39 is 55.4 Å². The van der Waals surface area contributed by atoms with Crippen molar-refractivity contribution in [2.75, 3.05) is 40.6 Å². The van der Waals surface area contributed by atoms with Gasteiger partial charge in [-0.2, -0.15) is 0 Å². The molecule has 0 aromatic rings. The fourth-order valence-corrected chi connectivity index (χ4v) is 4.39. The molecule has 1 unspecified atom stereocenters. The number of aliphatic hydroxyl groups excluding tert-OH is 4. The Morgan fingerprint density at radius 2 is 1.79 bits per heavy atom. The molecule has 9 atom stereocenters. The molecular weight excluding hydrogens is 454 g/mol. The van der Waals surface area contributed by atoms with Crippen LogP contribution < -0.4 is 16.0 Å². The molecule has 13 heteroatoms. The number of amides is 3.